The zero-order chi connectivity index (χ0) is 17.0. The Bertz CT molecular complexity index is 552. The van der Waals surface area contributed by atoms with E-state index in [0.717, 1.165) is 30.0 Å². The lowest BCUT2D eigenvalue weighted by atomic mass is 9.88. The number of ether oxygens (including phenoxy) is 1. The maximum absolute atomic E-state index is 11.4. The van der Waals surface area contributed by atoms with Crippen LogP contribution in [0, 0.1) is 5.41 Å². The monoisotopic (exact) mass is 320 g/mol. The van der Waals surface area contributed by atoms with Crippen LogP contribution in [-0.2, 0) is 11.3 Å². The third kappa shape index (κ3) is 5.13. The van der Waals surface area contributed by atoms with Crippen molar-refractivity contribution >= 4 is 11.7 Å². The van der Waals surface area contributed by atoms with Crippen molar-refractivity contribution < 1.29 is 14.6 Å². The second-order valence-electron chi connectivity index (χ2n) is 7.44. The van der Waals surface area contributed by atoms with Crippen LogP contribution in [0.2, 0.25) is 0 Å². The Kier molecular flexibility index (Phi) is 5.52. The van der Waals surface area contributed by atoms with E-state index >= 15 is 0 Å². The number of carbonyl (C=O) groups is 1. The minimum absolute atomic E-state index is 0.140. The van der Waals surface area contributed by atoms with E-state index in [2.05, 4.69) is 37.1 Å². The van der Waals surface area contributed by atoms with E-state index < -0.39 is 12.0 Å². The Hall–Kier alpha value is -1.75. The Morgan fingerprint density at radius 2 is 2.17 bits per heavy atom. The number of hydrogen-bond donors (Lipinski definition) is 2. The van der Waals surface area contributed by atoms with Crippen molar-refractivity contribution in [3.63, 3.8) is 0 Å². The summed E-state index contributed by atoms with van der Waals surface area (Å²) in [6.45, 7) is 8.51. The third-order valence-corrected chi connectivity index (χ3v) is 4.15. The molecule has 0 fully saturated rings. The number of carboxylic acids is 1. The molecule has 5 heteroatoms. The van der Waals surface area contributed by atoms with Crippen LogP contribution in [0.1, 0.15) is 39.2 Å². The van der Waals surface area contributed by atoms with Crippen LogP contribution < -0.4 is 15.0 Å². The van der Waals surface area contributed by atoms with Gasteiger partial charge in [0.15, 0.2) is 0 Å². The zero-order valence-corrected chi connectivity index (χ0v) is 14.6. The molecular weight excluding hydrogens is 292 g/mol. The number of nitrogens with one attached hydrogen (secondary N) is 1. The Balaban J connectivity index is 1.98. The number of carboxylic acid groups (broad SMARTS) is 1. The topological polar surface area (TPSA) is 61.8 Å². The van der Waals surface area contributed by atoms with Gasteiger partial charge in [0, 0.05) is 13.6 Å². The van der Waals surface area contributed by atoms with E-state index in [9.17, 15) is 9.90 Å². The molecule has 0 saturated carbocycles. The summed E-state index contributed by atoms with van der Waals surface area (Å²) >= 11 is 0. The van der Waals surface area contributed by atoms with Crippen molar-refractivity contribution in [2.24, 2.45) is 5.41 Å². The first-order valence-electron chi connectivity index (χ1n) is 8.19. The minimum Gasteiger partial charge on any atom is -0.490 e. The van der Waals surface area contributed by atoms with Crippen molar-refractivity contribution in [3.05, 3.63) is 23.8 Å². The van der Waals surface area contributed by atoms with Gasteiger partial charge in [0.25, 0.3) is 0 Å². The molecule has 2 rings (SSSR count). The highest BCUT2D eigenvalue weighted by Gasteiger charge is 2.21. The van der Waals surface area contributed by atoms with Crippen LogP contribution in [0.3, 0.4) is 0 Å². The minimum atomic E-state index is -0.785. The predicted octanol–water partition coefficient (Wildman–Crippen LogP) is 2.88. The van der Waals surface area contributed by atoms with E-state index in [1.165, 1.54) is 0 Å². The first-order chi connectivity index (χ1) is 10.8. The molecule has 1 aromatic carbocycles. The molecule has 128 valence electrons. The molecule has 5 nitrogen and oxygen atoms in total. The summed E-state index contributed by atoms with van der Waals surface area (Å²) in [7, 11) is 2.04. The largest absolute Gasteiger partial charge is 0.490 e. The van der Waals surface area contributed by atoms with Crippen molar-refractivity contribution in [1.82, 2.24) is 5.32 Å². The Morgan fingerprint density at radius 3 is 2.83 bits per heavy atom. The van der Waals surface area contributed by atoms with Gasteiger partial charge >= 0.3 is 5.97 Å². The number of benzene rings is 1. The maximum Gasteiger partial charge on any atom is 0.320 e. The smallest absolute Gasteiger partial charge is 0.320 e. The number of rotatable bonds is 6. The number of hydrogen-bond acceptors (Lipinski definition) is 4. The van der Waals surface area contributed by atoms with E-state index in [-0.39, 0.29) is 5.41 Å². The second kappa shape index (κ2) is 7.21. The fourth-order valence-corrected chi connectivity index (χ4v) is 2.64. The molecule has 0 spiro atoms. The Labute approximate surface area is 138 Å². The van der Waals surface area contributed by atoms with Crippen LogP contribution in [0.4, 0.5) is 5.69 Å². The van der Waals surface area contributed by atoms with Crippen molar-refractivity contribution in [3.8, 4) is 5.75 Å². The molecule has 1 atom stereocenters. The van der Waals surface area contributed by atoms with Crippen LogP contribution >= 0.6 is 0 Å². The fourth-order valence-electron chi connectivity index (χ4n) is 2.64. The molecule has 1 aliphatic heterocycles. The lowest BCUT2D eigenvalue weighted by Gasteiger charge is -2.28. The molecule has 0 aromatic heterocycles. The fraction of sp³-hybridized carbons (Fsp3) is 0.611. The summed E-state index contributed by atoms with van der Waals surface area (Å²) in [6, 6.07) is 5.52. The number of nitrogens with zero attached hydrogens (tertiary/aromatic N) is 1. The number of likely N-dealkylation sites (N-methyl/N-ethyl adjacent to an activating group) is 1. The van der Waals surface area contributed by atoms with Gasteiger partial charge in [-0.1, -0.05) is 26.8 Å². The SMILES string of the molecule is CN1CCOc2ccc(CNC(CCC(C)(C)C)C(=O)O)cc21. The highest BCUT2D eigenvalue weighted by Crippen LogP contribution is 2.31. The van der Waals surface area contributed by atoms with Crippen LogP contribution in [0.15, 0.2) is 18.2 Å². The molecular formula is C18H28N2O3. The number of anilines is 1. The van der Waals surface area contributed by atoms with Gasteiger partial charge in [-0.15, -0.1) is 0 Å². The van der Waals surface area contributed by atoms with Crippen LogP contribution in [0.5, 0.6) is 5.75 Å². The average Bonchev–Trinajstić information content (AvgIpc) is 2.46. The third-order valence-electron chi connectivity index (χ3n) is 4.15. The second-order valence-corrected chi connectivity index (χ2v) is 7.44. The van der Waals surface area contributed by atoms with Crippen molar-refractivity contribution in [2.45, 2.75) is 46.2 Å². The molecule has 2 N–H and O–H groups in total. The molecule has 0 amide bonds. The van der Waals surface area contributed by atoms with Crippen molar-refractivity contribution in [2.75, 3.05) is 25.1 Å². The lowest BCUT2D eigenvalue weighted by Crippen LogP contribution is -2.37. The summed E-state index contributed by atoms with van der Waals surface area (Å²) in [5.74, 6) is 0.109. The van der Waals surface area contributed by atoms with Crippen molar-refractivity contribution in [1.29, 1.82) is 0 Å². The molecule has 0 bridgehead atoms. The molecule has 0 radical (unpaired) electrons. The van der Waals surface area contributed by atoms with Crippen LogP contribution in [0.25, 0.3) is 0 Å². The number of fused-ring (bicyclic) bond motifs is 1. The summed E-state index contributed by atoms with van der Waals surface area (Å²) in [4.78, 5) is 13.6. The average molecular weight is 320 g/mol. The standard InChI is InChI=1S/C18H28N2O3/c1-18(2,3)8-7-14(17(21)22)19-12-13-5-6-16-15(11-13)20(4)9-10-23-16/h5-6,11,14,19H,7-10,12H2,1-4H3,(H,21,22). The first-order valence-corrected chi connectivity index (χ1v) is 8.19. The van der Waals surface area contributed by atoms with Gasteiger partial charge in [-0.3, -0.25) is 4.79 Å². The predicted molar refractivity (Wildman–Crippen MR) is 92.2 cm³/mol. The highest BCUT2D eigenvalue weighted by atomic mass is 16.5. The van der Waals surface area contributed by atoms with Gasteiger partial charge in [-0.2, -0.15) is 0 Å². The molecule has 0 saturated heterocycles. The quantitative estimate of drug-likeness (QED) is 0.844. The molecule has 1 heterocycles. The first kappa shape index (κ1) is 17.6. The van der Waals surface area contributed by atoms with Gasteiger partial charge in [0.1, 0.15) is 18.4 Å². The Morgan fingerprint density at radius 1 is 1.43 bits per heavy atom. The van der Waals surface area contributed by atoms with Gasteiger partial charge < -0.3 is 20.1 Å². The van der Waals surface area contributed by atoms with Gasteiger partial charge in [-0.05, 0) is 36.0 Å². The summed E-state index contributed by atoms with van der Waals surface area (Å²) in [5.41, 5.74) is 2.28. The highest BCUT2D eigenvalue weighted by molar-refractivity contribution is 5.73. The zero-order valence-electron chi connectivity index (χ0n) is 14.6. The number of aliphatic carboxylic acids is 1. The van der Waals surface area contributed by atoms with Gasteiger partial charge in [0.2, 0.25) is 0 Å². The maximum atomic E-state index is 11.4. The summed E-state index contributed by atoms with van der Waals surface area (Å²) < 4.78 is 5.63. The molecule has 1 unspecified atom stereocenters. The van der Waals surface area contributed by atoms with E-state index in [1.807, 2.05) is 19.2 Å². The summed E-state index contributed by atoms with van der Waals surface area (Å²) in [5, 5.41) is 12.6. The molecule has 0 aliphatic carbocycles. The van der Waals surface area contributed by atoms with Gasteiger partial charge in [0.05, 0.1) is 12.2 Å². The normalized spacial score (nSPS) is 15.7. The van der Waals surface area contributed by atoms with E-state index in [4.69, 9.17) is 4.74 Å². The summed E-state index contributed by atoms with van der Waals surface area (Å²) in [6.07, 6.45) is 1.50. The van der Waals surface area contributed by atoms with Crippen LogP contribution in [-0.4, -0.2) is 37.3 Å². The van der Waals surface area contributed by atoms with Gasteiger partial charge in [-0.25, -0.2) is 0 Å². The van der Waals surface area contributed by atoms with E-state index in [1.54, 1.807) is 0 Å². The molecule has 23 heavy (non-hydrogen) atoms. The molecule has 1 aromatic rings. The molecule has 1 aliphatic rings. The van der Waals surface area contributed by atoms with E-state index in [0.29, 0.717) is 19.6 Å². The lowest BCUT2D eigenvalue weighted by molar-refractivity contribution is -0.139.